The molecule has 0 aliphatic heterocycles. The minimum atomic E-state index is 0.458. The highest BCUT2D eigenvalue weighted by Crippen LogP contribution is 2.30. The molecule has 62 valence electrons. The molecule has 0 aromatic heterocycles. The Bertz CT molecular complexity index is 144. The van der Waals surface area contributed by atoms with Crippen molar-refractivity contribution in [1.82, 2.24) is 5.43 Å². The number of hydrogen-bond donors (Lipinski definition) is 2. The molecular weight excluding hydrogens is 136 g/mol. The summed E-state index contributed by atoms with van der Waals surface area (Å²) in [5, 5.41) is 0. The van der Waals surface area contributed by atoms with E-state index in [1.807, 2.05) is 0 Å². The van der Waals surface area contributed by atoms with E-state index in [-0.39, 0.29) is 0 Å². The van der Waals surface area contributed by atoms with E-state index in [1.165, 1.54) is 19.3 Å². The molecule has 1 saturated carbocycles. The SMILES string of the molecule is C#CCCC(NN)C1CCC1. The third-order valence-electron chi connectivity index (χ3n) is 2.53. The molecule has 1 fully saturated rings. The Morgan fingerprint density at radius 2 is 2.36 bits per heavy atom. The topological polar surface area (TPSA) is 38.0 Å². The second-order valence-electron chi connectivity index (χ2n) is 3.21. The molecule has 1 rings (SSSR count). The molecule has 3 N–H and O–H groups in total. The highest BCUT2D eigenvalue weighted by Gasteiger charge is 2.25. The lowest BCUT2D eigenvalue weighted by Crippen LogP contribution is -2.43. The van der Waals surface area contributed by atoms with Crippen molar-refractivity contribution >= 4 is 0 Å². The molecule has 2 heteroatoms. The zero-order chi connectivity index (χ0) is 8.10. The largest absolute Gasteiger partial charge is 0.271 e. The molecule has 1 unspecified atom stereocenters. The average molecular weight is 152 g/mol. The maximum absolute atomic E-state index is 5.41. The van der Waals surface area contributed by atoms with Crippen LogP contribution < -0.4 is 11.3 Å². The van der Waals surface area contributed by atoms with Gasteiger partial charge in [0.1, 0.15) is 0 Å². The van der Waals surface area contributed by atoms with E-state index < -0.39 is 0 Å². The van der Waals surface area contributed by atoms with Gasteiger partial charge in [0.05, 0.1) is 0 Å². The summed E-state index contributed by atoms with van der Waals surface area (Å²) in [7, 11) is 0. The fourth-order valence-electron chi connectivity index (χ4n) is 1.54. The summed E-state index contributed by atoms with van der Waals surface area (Å²) in [5.41, 5.74) is 2.84. The zero-order valence-electron chi connectivity index (χ0n) is 6.84. The van der Waals surface area contributed by atoms with E-state index in [0.717, 1.165) is 18.8 Å². The molecule has 0 heterocycles. The molecule has 0 aromatic rings. The highest BCUT2D eigenvalue weighted by molar-refractivity contribution is 4.88. The highest BCUT2D eigenvalue weighted by atomic mass is 15.2. The van der Waals surface area contributed by atoms with E-state index in [1.54, 1.807) is 0 Å². The van der Waals surface area contributed by atoms with Crippen LogP contribution in [0, 0.1) is 18.3 Å². The van der Waals surface area contributed by atoms with Gasteiger partial charge in [-0.15, -0.1) is 12.3 Å². The normalized spacial score (nSPS) is 20.4. The van der Waals surface area contributed by atoms with Gasteiger partial charge >= 0.3 is 0 Å². The van der Waals surface area contributed by atoms with E-state index in [4.69, 9.17) is 12.3 Å². The zero-order valence-corrected chi connectivity index (χ0v) is 6.84. The van der Waals surface area contributed by atoms with Crippen molar-refractivity contribution in [3.8, 4) is 12.3 Å². The first-order chi connectivity index (χ1) is 5.38. The molecule has 0 amide bonds. The quantitative estimate of drug-likeness (QED) is 0.359. The van der Waals surface area contributed by atoms with Crippen molar-refractivity contribution in [3.63, 3.8) is 0 Å². The molecule has 11 heavy (non-hydrogen) atoms. The van der Waals surface area contributed by atoms with E-state index in [9.17, 15) is 0 Å². The second-order valence-corrected chi connectivity index (χ2v) is 3.21. The number of nitrogens with one attached hydrogen (secondary N) is 1. The van der Waals surface area contributed by atoms with Gasteiger partial charge in [-0.05, 0) is 25.2 Å². The fraction of sp³-hybridized carbons (Fsp3) is 0.778. The first-order valence-electron chi connectivity index (χ1n) is 4.28. The predicted octanol–water partition coefficient (Wildman–Crippen LogP) is 1.03. The van der Waals surface area contributed by atoms with Crippen LogP contribution in [0.25, 0.3) is 0 Å². The molecule has 2 nitrogen and oxygen atoms in total. The van der Waals surface area contributed by atoms with Gasteiger partial charge in [0, 0.05) is 12.5 Å². The van der Waals surface area contributed by atoms with Crippen molar-refractivity contribution in [2.24, 2.45) is 11.8 Å². The summed E-state index contributed by atoms with van der Waals surface area (Å²) in [6.45, 7) is 0. The number of terminal acetylenes is 1. The minimum absolute atomic E-state index is 0.458. The number of hydrogen-bond acceptors (Lipinski definition) is 2. The van der Waals surface area contributed by atoms with Gasteiger partial charge in [0.15, 0.2) is 0 Å². The summed E-state index contributed by atoms with van der Waals surface area (Å²) >= 11 is 0. The van der Waals surface area contributed by atoms with Gasteiger partial charge in [-0.3, -0.25) is 11.3 Å². The summed E-state index contributed by atoms with van der Waals surface area (Å²) in [6.07, 6.45) is 11.0. The van der Waals surface area contributed by atoms with Crippen LogP contribution in [0.15, 0.2) is 0 Å². The summed E-state index contributed by atoms with van der Waals surface area (Å²) in [5.74, 6) is 8.83. The Morgan fingerprint density at radius 1 is 1.64 bits per heavy atom. The predicted molar refractivity (Wildman–Crippen MR) is 46.5 cm³/mol. The number of rotatable bonds is 4. The first-order valence-corrected chi connectivity index (χ1v) is 4.28. The summed E-state index contributed by atoms with van der Waals surface area (Å²) < 4.78 is 0. The van der Waals surface area contributed by atoms with Crippen LogP contribution in [-0.4, -0.2) is 6.04 Å². The van der Waals surface area contributed by atoms with Gasteiger partial charge < -0.3 is 0 Å². The van der Waals surface area contributed by atoms with Crippen LogP contribution in [0.1, 0.15) is 32.1 Å². The smallest absolute Gasteiger partial charge is 0.0247 e. The maximum Gasteiger partial charge on any atom is 0.0247 e. The third kappa shape index (κ3) is 2.21. The molecule has 1 atom stereocenters. The molecule has 0 radical (unpaired) electrons. The molecule has 0 aromatic carbocycles. The molecule has 0 spiro atoms. The van der Waals surface area contributed by atoms with Gasteiger partial charge in [-0.2, -0.15) is 0 Å². The Labute approximate surface area is 68.5 Å². The standard InChI is InChI=1S/C9H16N2/c1-2-3-7-9(11-10)8-5-4-6-8/h1,8-9,11H,3-7,10H2. The van der Waals surface area contributed by atoms with Crippen molar-refractivity contribution in [3.05, 3.63) is 0 Å². The minimum Gasteiger partial charge on any atom is -0.271 e. The monoisotopic (exact) mass is 152 g/mol. The van der Waals surface area contributed by atoms with Crippen molar-refractivity contribution in [1.29, 1.82) is 0 Å². The van der Waals surface area contributed by atoms with Crippen molar-refractivity contribution in [2.75, 3.05) is 0 Å². The maximum atomic E-state index is 5.41. The van der Waals surface area contributed by atoms with Crippen LogP contribution in [0.4, 0.5) is 0 Å². The van der Waals surface area contributed by atoms with Crippen LogP contribution >= 0.6 is 0 Å². The van der Waals surface area contributed by atoms with Crippen molar-refractivity contribution in [2.45, 2.75) is 38.1 Å². The van der Waals surface area contributed by atoms with Crippen LogP contribution in [0.5, 0.6) is 0 Å². The molecule has 0 bridgehead atoms. The van der Waals surface area contributed by atoms with Crippen LogP contribution in [0.3, 0.4) is 0 Å². The molecule has 1 aliphatic rings. The second kappa shape index (κ2) is 4.38. The molecule has 0 saturated heterocycles. The van der Waals surface area contributed by atoms with Gasteiger partial charge in [-0.25, -0.2) is 0 Å². The van der Waals surface area contributed by atoms with Gasteiger partial charge in [-0.1, -0.05) is 6.42 Å². The lowest BCUT2D eigenvalue weighted by Gasteiger charge is -2.32. The lowest BCUT2D eigenvalue weighted by molar-refractivity contribution is 0.222. The molecule has 1 aliphatic carbocycles. The van der Waals surface area contributed by atoms with Crippen molar-refractivity contribution < 1.29 is 0 Å². The third-order valence-corrected chi connectivity index (χ3v) is 2.53. The number of nitrogens with two attached hydrogens (primary N) is 1. The number of hydrazine groups is 1. The van der Waals surface area contributed by atoms with Gasteiger partial charge in [0.2, 0.25) is 0 Å². The Kier molecular flexibility index (Phi) is 3.41. The first kappa shape index (κ1) is 8.58. The van der Waals surface area contributed by atoms with E-state index in [0.29, 0.717) is 6.04 Å². The Morgan fingerprint density at radius 3 is 2.73 bits per heavy atom. The Balaban J connectivity index is 2.19. The fourth-order valence-corrected chi connectivity index (χ4v) is 1.54. The van der Waals surface area contributed by atoms with E-state index >= 15 is 0 Å². The Hall–Kier alpha value is -0.520. The summed E-state index contributed by atoms with van der Waals surface area (Å²) in [6, 6.07) is 0.458. The van der Waals surface area contributed by atoms with Crippen LogP contribution in [0.2, 0.25) is 0 Å². The average Bonchev–Trinajstić information content (AvgIpc) is 1.93. The van der Waals surface area contributed by atoms with Crippen LogP contribution in [-0.2, 0) is 0 Å². The van der Waals surface area contributed by atoms with E-state index in [2.05, 4.69) is 11.3 Å². The van der Waals surface area contributed by atoms with Gasteiger partial charge in [0.25, 0.3) is 0 Å². The lowest BCUT2D eigenvalue weighted by atomic mass is 9.78. The summed E-state index contributed by atoms with van der Waals surface area (Å²) in [4.78, 5) is 0. The molecular formula is C9H16N2.